The number of benzene rings is 2. The third-order valence-corrected chi connectivity index (χ3v) is 7.79. The molecule has 0 saturated carbocycles. The van der Waals surface area contributed by atoms with Crippen LogP contribution in [0.2, 0.25) is 0 Å². The van der Waals surface area contributed by atoms with E-state index in [1.54, 1.807) is 7.11 Å². The molecule has 0 spiro atoms. The van der Waals surface area contributed by atoms with Crippen LogP contribution in [0.4, 0.5) is 0 Å². The third kappa shape index (κ3) is 4.64. The Morgan fingerprint density at radius 2 is 1.74 bits per heavy atom. The molecule has 6 rings (SSSR count). The van der Waals surface area contributed by atoms with Crippen LogP contribution in [0.5, 0.6) is 5.75 Å². The lowest BCUT2D eigenvalue weighted by Crippen LogP contribution is -2.69. The molecule has 4 aliphatic heterocycles. The molecule has 3 atom stereocenters. The van der Waals surface area contributed by atoms with Gasteiger partial charge in [0, 0.05) is 50.4 Å². The molecule has 5 heteroatoms. The maximum atomic E-state index is 13.1. The van der Waals surface area contributed by atoms with Crippen LogP contribution in [-0.4, -0.2) is 72.5 Å². The zero-order valence-electron chi connectivity index (χ0n) is 20.4. The number of rotatable bonds is 7. The molecule has 0 aromatic heterocycles. The summed E-state index contributed by atoms with van der Waals surface area (Å²) in [4.78, 5) is 20.4. The maximum Gasteiger partial charge on any atom is 0.253 e. The summed E-state index contributed by atoms with van der Waals surface area (Å²) in [6.07, 6.45) is 7.94. The van der Waals surface area contributed by atoms with Crippen LogP contribution in [-0.2, 0) is 0 Å². The number of methoxy groups -OCH3 is 1. The van der Waals surface area contributed by atoms with Gasteiger partial charge in [-0.15, -0.1) is 6.58 Å². The lowest BCUT2D eigenvalue weighted by Gasteiger charge is -2.59. The second kappa shape index (κ2) is 10.3. The van der Waals surface area contributed by atoms with Gasteiger partial charge in [-0.2, -0.15) is 0 Å². The van der Waals surface area contributed by atoms with Gasteiger partial charge < -0.3 is 9.64 Å². The normalized spacial score (nSPS) is 24.1. The molecule has 1 amide bonds. The number of fused-ring (bicyclic) bond motifs is 2. The minimum Gasteiger partial charge on any atom is -0.497 e. The molecule has 4 heterocycles. The summed E-state index contributed by atoms with van der Waals surface area (Å²) in [6.45, 7) is 8.80. The molecule has 2 bridgehead atoms. The quantitative estimate of drug-likeness (QED) is 0.560. The fourth-order valence-corrected chi connectivity index (χ4v) is 6.09. The van der Waals surface area contributed by atoms with Gasteiger partial charge in [0.2, 0.25) is 0 Å². The molecule has 0 N–H and O–H groups in total. The summed E-state index contributed by atoms with van der Waals surface area (Å²) in [5, 5.41) is 0. The smallest absolute Gasteiger partial charge is 0.253 e. The number of amides is 1. The van der Waals surface area contributed by atoms with Crippen LogP contribution in [0.15, 0.2) is 61.2 Å². The topological polar surface area (TPSA) is 36.0 Å². The zero-order chi connectivity index (χ0) is 23.5. The molecule has 3 unspecified atom stereocenters. The number of nitrogens with zero attached hydrogens (tertiary/aromatic N) is 3. The highest BCUT2D eigenvalue weighted by Crippen LogP contribution is 2.43. The van der Waals surface area contributed by atoms with E-state index in [2.05, 4.69) is 46.7 Å². The number of piperidine rings is 1. The number of piperazine rings is 1. The van der Waals surface area contributed by atoms with E-state index in [-0.39, 0.29) is 11.9 Å². The van der Waals surface area contributed by atoms with Crippen molar-refractivity contribution >= 4 is 5.91 Å². The minimum absolute atomic E-state index is 0.159. The van der Waals surface area contributed by atoms with Gasteiger partial charge in [-0.25, -0.2) is 0 Å². The van der Waals surface area contributed by atoms with E-state index in [0.717, 1.165) is 56.9 Å². The van der Waals surface area contributed by atoms with E-state index >= 15 is 0 Å². The van der Waals surface area contributed by atoms with Gasteiger partial charge in [-0.3, -0.25) is 14.6 Å². The van der Waals surface area contributed by atoms with Crippen molar-refractivity contribution in [1.82, 2.24) is 14.7 Å². The molecule has 4 saturated heterocycles. The van der Waals surface area contributed by atoms with Gasteiger partial charge >= 0.3 is 0 Å². The summed E-state index contributed by atoms with van der Waals surface area (Å²) in [7, 11) is 1.73. The molecule has 2 aromatic rings. The monoisotopic (exact) mass is 459 g/mol. The van der Waals surface area contributed by atoms with Gasteiger partial charge in [-0.1, -0.05) is 43.2 Å². The van der Waals surface area contributed by atoms with Crippen LogP contribution in [0.1, 0.15) is 59.6 Å². The molecule has 4 aliphatic rings. The molecule has 180 valence electrons. The van der Waals surface area contributed by atoms with Crippen molar-refractivity contribution in [2.75, 3.05) is 39.8 Å². The Bertz CT molecular complexity index is 985. The Morgan fingerprint density at radius 1 is 1.03 bits per heavy atom. The van der Waals surface area contributed by atoms with Crippen molar-refractivity contribution in [3.8, 4) is 5.75 Å². The van der Waals surface area contributed by atoms with E-state index in [1.165, 1.54) is 30.4 Å². The first-order chi connectivity index (χ1) is 16.7. The van der Waals surface area contributed by atoms with Crippen LogP contribution in [0, 0.1) is 0 Å². The first-order valence-electron chi connectivity index (χ1n) is 12.8. The van der Waals surface area contributed by atoms with Crippen LogP contribution in [0.25, 0.3) is 0 Å². The molecule has 5 nitrogen and oxygen atoms in total. The SMILES string of the molecule is C=CCN1CC2CC(C1)N2C(c1ccc(C(=O)N2CCCCCC2)cc1)c1cccc(OC)c1. The summed E-state index contributed by atoms with van der Waals surface area (Å²) < 4.78 is 5.56. The first-order valence-corrected chi connectivity index (χ1v) is 12.8. The van der Waals surface area contributed by atoms with Crippen molar-refractivity contribution in [2.45, 2.75) is 50.2 Å². The van der Waals surface area contributed by atoms with Crippen molar-refractivity contribution in [2.24, 2.45) is 0 Å². The zero-order valence-corrected chi connectivity index (χ0v) is 20.4. The Balaban J connectivity index is 1.41. The molecule has 4 fully saturated rings. The number of carbonyl (C=O) groups is 1. The molecule has 2 aromatic carbocycles. The van der Waals surface area contributed by atoms with Crippen molar-refractivity contribution < 1.29 is 9.53 Å². The Morgan fingerprint density at radius 3 is 2.38 bits per heavy atom. The number of carbonyl (C=O) groups excluding carboxylic acids is 1. The van der Waals surface area contributed by atoms with E-state index in [1.807, 2.05) is 29.2 Å². The summed E-state index contributed by atoms with van der Waals surface area (Å²) >= 11 is 0. The average Bonchev–Trinajstić information content (AvgIpc) is 3.17. The average molecular weight is 460 g/mol. The maximum absolute atomic E-state index is 13.1. The Hall–Kier alpha value is -2.63. The molecule has 0 radical (unpaired) electrons. The van der Waals surface area contributed by atoms with Crippen LogP contribution in [0.3, 0.4) is 0 Å². The van der Waals surface area contributed by atoms with E-state index in [9.17, 15) is 4.79 Å². The highest BCUT2D eigenvalue weighted by atomic mass is 16.5. The van der Waals surface area contributed by atoms with Gasteiger partial charge in [0.15, 0.2) is 0 Å². The van der Waals surface area contributed by atoms with Gasteiger partial charge in [0.25, 0.3) is 5.91 Å². The second-order valence-corrected chi connectivity index (χ2v) is 10.0. The minimum atomic E-state index is 0.159. The van der Waals surface area contributed by atoms with Gasteiger partial charge in [-0.05, 0) is 54.7 Å². The van der Waals surface area contributed by atoms with Crippen molar-refractivity contribution in [3.63, 3.8) is 0 Å². The van der Waals surface area contributed by atoms with Gasteiger partial charge in [0.05, 0.1) is 13.2 Å². The number of hydrogen-bond donors (Lipinski definition) is 0. The van der Waals surface area contributed by atoms with Crippen molar-refractivity contribution in [3.05, 3.63) is 77.9 Å². The lowest BCUT2D eigenvalue weighted by molar-refractivity contribution is -0.0850. The highest BCUT2D eigenvalue weighted by molar-refractivity contribution is 5.94. The Kier molecular flexibility index (Phi) is 7.02. The summed E-state index contributed by atoms with van der Waals surface area (Å²) in [5.74, 6) is 1.06. The van der Waals surface area contributed by atoms with Crippen molar-refractivity contribution in [1.29, 1.82) is 0 Å². The van der Waals surface area contributed by atoms with E-state index in [4.69, 9.17) is 4.74 Å². The summed E-state index contributed by atoms with van der Waals surface area (Å²) in [5.41, 5.74) is 3.29. The standard InChI is InChI=1S/C29H37N3O2/c1-3-15-30-20-25-19-26(21-30)32(25)28(24-9-8-10-27(18-24)34-2)22-11-13-23(14-12-22)29(33)31-16-6-4-5-7-17-31/h3,8-14,18,25-26,28H,1,4-7,15-17,19-21H2,2H3. The third-order valence-electron chi connectivity index (χ3n) is 7.79. The van der Waals surface area contributed by atoms with Crippen LogP contribution >= 0.6 is 0 Å². The molecular formula is C29H37N3O2. The first kappa shape index (κ1) is 23.1. The molecule has 34 heavy (non-hydrogen) atoms. The van der Waals surface area contributed by atoms with E-state index < -0.39 is 0 Å². The van der Waals surface area contributed by atoms with Crippen LogP contribution < -0.4 is 4.74 Å². The largest absolute Gasteiger partial charge is 0.497 e. The van der Waals surface area contributed by atoms with E-state index in [0.29, 0.717) is 12.1 Å². The Labute approximate surface area is 204 Å². The predicted molar refractivity (Wildman–Crippen MR) is 136 cm³/mol. The lowest BCUT2D eigenvalue weighted by atomic mass is 9.81. The number of hydrogen-bond acceptors (Lipinski definition) is 4. The van der Waals surface area contributed by atoms with Gasteiger partial charge in [0.1, 0.15) is 5.75 Å². The number of likely N-dealkylation sites (tertiary alicyclic amines) is 1. The molecule has 0 aliphatic carbocycles. The number of ether oxygens (including phenoxy) is 1. The second-order valence-electron chi connectivity index (χ2n) is 10.0. The highest BCUT2D eigenvalue weighted by Gasteiger charge is 2.48. The fourth-order valence-electron chi connectivity index (χ4n) is 6.09. The molecular weight excluding hydrogens is 422 g/mol. The summed E-state index contributed by atoms with van der Waals surface area (Å²) in [6, 6.07) is 18.1. The fraction of sp³-hybridized carbons (Fsp3) is 0.483. The predicted octanol–water partition coefficient (Wildman–Crippen LogP) is 4.75.